The molecule has 4 rings (SSSR count). The van der Waals surface area contributed by atoms with Crippen LogP contribution in [-0.2, 0) is 15.1 Å². The molecule has 0 N–H and O–H groups in total. The Balaban J connectivity index is 1.54. The van der Waals surface area contributed by atoms with Gasteiger partial charge in [-0.1, -0.05) is 23.4 Å². The molecule has 0 bridgehead atoms. The molecule has 0 unspecified atom stereocenters. The number of halogens is 3. The lowest BCUT2D eigenvalue weighted by Gasteiger charge is -2.36. The first kappa shape index (κ1) is 22.1. The molecule has 3 aromatic rings. The van der Waals surface area contributed by atoms with Crippen LogP contribution in [-0.4, -0.2) is 20.3 Å². The Kier molecular flexibility index (Phi) is 6.82. The average Bonchev–Trinajstić information content (AvgIpc) is 2.77. The quantitative estimate of drug-likeness (QED) is 0.386. The van der Waals surface area contributed by atoms with Gasteiger partial charge in [-0.3, -0.25) is 0 Å². The minimum atomic E-state index is -0.542. The van der Waals surface area contributed by atoms with Crippen LogP contribution >= 0.6 is 23.4 Å². The molecule has 7 heteroatoms. The number of hydrogen-bond acceptors (Lipinski definition) is 4. The third-order valence-electron chi connectivity index (χ3n) is 5.27. The summed E-state index contributed by atoms with van der Waals surface area (Å²) >= 11 is 7.79. The van der Waals surface area contributed by atoms with Gasteiger partial charge in [0.25, 0.3) is 0 Å². The molecule has 0 amide bonds. The Morgan fingerprint density at radius 1 is 0.903 bits per heavy atom. The van der Waals surface area contributed by atoms with Crippen molar-refractivity contribution < 1.29 is 23.0 Å². The molecule has 31 heavy (non-hydrogen) atoms. The Labute approximate surface area is 189 Å². The lowest BCUT2D eigenvalue weighted by Crippen LogP contribution is -2.35. The fraction of sp³-hybridized carbons (Fsp3) is 0.250. The highest BCUT2D eigenvalue weighted by atomic mass is 35.5. The number of hydrogen-bond donors (Lipinski definition) is 0. The van der Waals surface area contributed by atoms with E-state index in [2.05, 4.69) is 0 Å². The molecule has 1 aliphatic rings. The van der Waals surface area contributed by atoms with Gasteiger partial charge in [-0.25, -0.2) is 8.78 Å². The van der Waals surface area contributed by atoms with Crippen LogP contribution in [0.15, 0.2) is 70.5 Å². The lowest BCUT2D eigenvalue weighted by molar-refractivity contribution is -0.0950. The summed E-state index contributed by atoms with van der Waals surface area (Å²) in [5.41, 5.74) is 0.267. The van der Waals surface area contributed by atoms with Gasteiger partial charge in [0.15, 0.2) is 0 Å². The minimum absolute atomic E-state index is 0.315. The van der Waals surface area contributed by atoms with Crippen LogP contribution in [0.4, 0.5) is 8.78 Å². The van der Waals surface area contributed by atoms with Gasteiger partial charge >= 0.3 is 0 Å². The van der Waals surface area contributed by atoms with Crippen LogP contribution < -0.4 is 4.74 Å². The second-order valence-corrected chi connectivity index (χ2v) is 8.79. The monoisotopic (exact) mass is 462 g/mol. The van der Waals surface area contributed by atoms with E-state index in [1.54, 1.807) is 19.2 Å². The van der Waals surface area contributed by atoms with Crippen LogP contribution in [0.5, 0.6) is 11.5 Å². The fourth-order valence-electron chi connectivity index (χ4n) is 3.59. The van der Waals surface area contributed by atoms with Gasteiger partial charge in [-0.05, 0) is 66.2 Å². The highest BCUT2D eigenvalue weighted by Gasteiger charge is 2.35. The highest BCUT2D eigenvalue weighted by molar-refractivity contribution is 7.99. The van der Waals surface area contributed by atoms with E-state index in [1.807, 2.05) is 12.1 Å². The molecular weight excluding hydrogens is 442 g/mol. The first-order valence-electron chi connectivity index (χ1n) is 9.82. The molecule has 162 valence electrons. The molecule has 0 aromatic heterocycles. The topological polar surface area (TPSA) is 27.7 Å². The molecule has 1 saturated heterocycles. The molecule has 3 nitrogen and oxygen atoms in total. The van der Waals surface area contributed by atoms with E-state index in [0.29, 0.717) is 42.6 Å². The first-order chi connectivity index (χ1) is 15.0. The Morgan fingerprint density at radius 2 is 1.65 bits per heavy atom. The smallest absolute Gasteiger partial charge is 0.146 e. The van der Waals surface area contributed by atoms with E-state index < -0.39 is 5.60 Å². The second-order valence-electron chi connectivity index (χ2n) is 7.24. The van der Waals surface area contributed by atoms with Gasteiger partial charge in [-0.2, -0.15) is 0 Å². The summed E-state index contributed by atoms with van der Waals surface area (Å²) < 4.78 is 44.5. The number of benzene rings is 3. The number of methoxy groups -OCH3 is 1. The summed E-state index contributed by atoms with van der Waals surface area (Å²) in [5.74, 6) is 0.291. The maximum Gasteiger partial charge on any atom is 0.146 e. The van der Waals surface area contributed by atoms with Crippen molar-refractivity contribution >= 4 is 23.4 Å². The zero-order valence-corrected chi connectivity index (χ0v) is 18.4. The SMILES string of the molecule is COC1(c2cc(F)cc(Sc3ccc(Oc4ccc(F)cc4)c(Cl)c3)c2)CCOCC1. The molecule has 1 aliphatic heterocycles. The van der Waals surface area contributed by atoms with E-state index in [0.717, 1.165) is 15.4 Å². The van der Waals surface area contributed by atoms with Crippen molar-refractivity contribution in [1.29, 1.82) is 0 Å². The highest BCUT2D eigenvalue weighted by Crippen LogP contribution is 2.40. The van der Waals surface area contributed by atoms with Crippen LogP contribution in [0.2, 0.25) is 5.02 Å². The van der Waals surface area contributed by atoms with Gasteiger partial charge in [-0.15, -0.1) is 0 Å². The summed E-state index contributed by atoms with van der Waals surface area (Å²) in [6, 6.07) is 16.0. The molecule has 0 spiro atoms. The fourth-order valence-corrected chi connectivity index (χ4v) is 4.82. The van der Waals surface area contributed by atoms with Crippen molar-refractivity contribution in [3.8, 4) is 11.5 Å². The summed E-state index contributed by atoms with van der Waals surface area (Å²) in [5, 5.41) is 0.406. The van der Waals surface area contributed by atoms with Gasteiger partial charge in [0.1, 0.15) is 23.1 Å². The zero-order chi connectivity index (χ0) is 21.8. The van der Waals surface area contributed by atoms with Gasteiger partial charge < -0.3 is 14.2 Å². The standard InChI is InChI=1S/C24H21ClF2O3S/c1-28-24(8-10-29-11-9-24)16-12-18(27)14-21(13-16)31-20-6-7-23(22(25)15-20)30-19-4-2-17(26)3-5-19/h2-7,12-15H,8-11H2,1H3. The van der Waals surface area contributed by atoms with E-state index in [4.69, 9.17) is 25.8 Å². The van der Waals surface area contributed by atoms with Gasteiger partial charge in [0.05, 0.1) is 10.6 Å². The van der Waals surface area contributed by atoms with Crippen LogP contribution in [0, 0.1) is 11.6 Å². The van der Waals surface area contributed by atoms with Gasteiger partial charge in [0, 0.05) is 43.0 Å². The maximum absolute atomic E-state index is 14.4. The normalized spacial score (nSPS) is 15.6. The second kappa shape index (κ2) is 9.57. The van der Waals surface area contributed by atoms with Crippen LogP contribution in [0.1, 0.15) is 18.4 Å². The Bertz CT molecular complexity index is 1050. The minimum Gasteiger partial charge on any atom is -0.456 e. The van der Waals surface area contributed by atoms with Crippen molar-refractivity contribution in [2.24, 2.45) is 0 Å². The third kappa shape index (κ3) is 5.21. The predicted molar refractivity (Wildman–Crippen MR) is 117 cm³/mol. The predicted octanol–water partition coefficient (Wildman–Crippen LogP) is 7.21. The first-order valence-corrected chi connectivity index (χ1v) is 11.0. The molecule has 1 heterocycles. The van der Waals surface area contributed by atoms with Crippen LogP contribution in [0.25, 0.3) is 0 Å². The molecule has 0 aliphatic carbocycles. The molecular formula is C24H21ClF2O3S. The molecule has 0 radical (unpaired) electrons. The van der Waals surface area contributed by atoms with Crippen LogP contribution in [0.3, 0.4) is 0 Å². The summed E-state index contributed by atoms with van der Waals surface area (Å²) in [6.45, 7) is 1.16. The number of ether oxygens (including phenoxy) is 3. The van der Waals surface area contributed by atoms with E-state index in [9.17, 15) is 8.78 Å². The van der Waals surface area contributed by atoms with E-state index in [-0.39, 0.29) is 11.6 Å². The van der Waals surface area contributed by atoms with Crippen molar-refractivity contribution in [2.45, 2.75) is 28.2 Å². The van der Waals surface area contributed by atoms with Crippen molar-refractivity contribution in [3.05, 3.63) is 82.9 Å². The molecule has 0 saturated carbocycles. The summed E-state index contributed by atoms with van der Waals surface area (Å²) in [6.07, 6.45) is 1.36. The van der Waals surface area contributed by atoms with E-state index in [1.165, 1.54) is 48.2 Å². The maximum atomic E-state index is 14.4. The number of rotatable bonds is 6. The van der Waals surface area contributed by atoms with Gasteiger partial charge in [0.2, 0.25) is 0 Å². The average molecular weight is 463 g/mol. The Morgan fingerprint density at radius 3 is 2.32 bits per heavy atom. The van der Waals surface area contributed by atoms with E-state index >= 15 is 0 Å². The Hall–Kier alpha value is -2.12. The van der Waals surface area contributed by atoms with Crippen molar-refractivity contribution in [2.75, 3.05) is 20.3 Å². The van der Waals surface area contributed by atoms with Crippen molar-refractivity contribution in [1.82, 2.24) is 0 Å². The summed E-state index contributed by atoms with van der Waals surface area (Å²) in [7, 11) is 1.66. The summed E-state index contributed by atoms with van der Waals surface area (Å²) in [4.78, 5) is 1.59. The molecule has 1 fully saturated rings. The van der Waals surface area contributed by atoms with Crippen molar-refractivity contribution in [3.63, 3.8) is 0 Å². The molecule has 3 aromatic carbocycles. The largest absolute Gasteiger partial charge is 0.456 e. The lowest BCUT2D eigenvalue weighted by atomic mass is 9.86. The third-order valence-corrected chi connectivity index (χ3v) is 6.53. The molecule has 0 atom stereocenters. The zero-order valence-electron chi connectivity index (χ0n) is 16.9.